The topological polar surface area (TPSA) is 78.7 Å². The molecule has 0 aliphatic heterocycles. The fraction of sp³-hybridized carbons (Fsp3) is 0.364. The molecular weight excluding hydrogens is 353 g/mol. The monoisotopic (exact) mass is 365 g/mol. The van der Waals surface area contributed by atoms with Gasteiger partial charge in [0.05, 0.1) is 17.1 Å². The standard InChI is InChI=1S/C11H12INO5/c12-4-1-5-18-10-2-3-11(13(15)16)9(6-10)7-17-8-14/h2-3,6,8H,1,4-5,7H2. The second kappa shape index (κ2) is 7.85. The molecule has 0 saturated heterocycles. The Morgan fingerprint density at radius 2 is 2.22 bits per heavy atom. The van der Waals surface area contributed by atoms with E-state index in [-0.39, 0.29) is 18.8 Å². The quantitative estimate of drug-likeness (QED) is 0.177. The third kappa shape index (κ3) is 4.47. The highest BCUT2D eigenvalue weighted by Gasteiger charge is 2.14. The highest BCUT2D eigenvalue weighted by Crippen LogP contribution is 2.24. The first-order valence-corrected chi connectivity index (χ1v) is 6.73. The Kier molecular flexibility index (Phi) is 6.40. The van der Waals surface area contributed by atoms with E-state index in [1.54, 1.807) is 0 Å². The zero-order valence-corrected chi connectivity index (χ0v) is 11.7. The summed E-state index contributed by atoms with van der Waals surface area (Å²) in [5.41, 5.74) is 0.233. The van der Waals surface area contributed by atoms with Crippen molar-refractivity contribution in [2.45, 2.75) is 13.0 Å². The van der Waals surface area contributed by atoms with Crippen molar-refractivity contribution in [1.29, 1.82) is 0 Å². The number of nitro benzene ring substituents is 1. The molecule has 7 heteroatoms. The fourth-order valence-corrected chi connectivity index (χ4v) is 1.63. The Morgan fingerprint density at radius 1 is 1.44 bits per heavy atom. The van der Waals surface area contributed by atoms with E-state index in [0.29, 0.717) is 17.9 Å². The lowest BCUT2D eigenvalue weighted by Crippen LogP contribution is -2.01. The molecule has 0 radical (unpaired) electrons. The lowest BCUT2D eigenvalue weighted by atomic mass is 10.2. The molecule has 18 heavy (non-hydrogen) atoms. The maximum Gasteiger partial charge on any atom is 0.293 e. The van der Waals surface area contributed by atoms with Crippen LogP contribution < -0.4 is 4.74 Å². The highest BCUT2D eigenvalue weighted by atomic mass is 127. The Bertz CT molecular complexity index is 424. The fourth-order valence-electron chi connectivity index (χ4n) is 1.31. The van der Waals surface area contributed by atoms with Crippen LogP contribution in [0.15, 0.2) is 18.2 Å². The molecule has 1 aromatic rings. The van der Waals surface area contributed by atoms with Crippen LogP contribution in [0.3, 0.4) is 0 Å². The molecule has 0 aromatic heterocycles. The van der Waals surface area contributed by atoms with E-state index >= 15 is 0 Å². The summed E-state index contributed by atoms with van der Waals surface area (Å²) in [6.45, 7) is 0.672. The number of hydrogen-bond donors (Lipinski definition) is 0. The number of halogens is 1. The molecular formula is C11H12INO5. The molecule has 0 fully saturated rings. The summed E-state index contributed by atoms with van der Waals surface area (Å²) in [5.74, 6) is 0.537. The van der Waals surface area contributed by atoms with Crippen LogP contribution >= 0.6 is 22.6 Å². The van der Waals surface area contributed by atoms with Crippen molar-refractivity contribution in [2.75, 3.05) is 11.0 Å². The summed E-state index contributed by atoms with van der Waals surface area (Å²) in [6, 6.07) is 4.41. The van der Waals surface area contributed by atoms with E-state index in [0.717, 1.165) is 10.8 Å². The molecule has 0 saturated carbocycles. The van der Waals surface area contributed by atoms with Crippen molar-refractivity contribution in [1.82, 2.24) is 0 Å². The third-order valence-corrected chi connectivity index (χ3v) is 2.86. The molecule has 0 unspecified atom stereocenters. The average molecular weight is 365 g/mol. The maximum atomic E-state index is 10.8. The molecule has 0 atom stereocenters. The Morgan fingerprint density at radius 3 is 2.83 bits per heavy atom. The lowest BCUT2D eigenvalue weighted by molar-refractivity contribution is -0.385. The van der Waals surface area contributed by atoms with Crippen LogP contribution in [0.4, 0.5) is 5.69 Å². The van der Waals surface area contributed by atoms with Gasteiger partial charge in [0.2, 0.25) is 0 Å². The van der Waals surface area contributed by atoms with Gasteiger partial charge < -0.3 is 9.47 Å². The first-order chi connectivity index (χ1) is 8.69. The van der Waals surface area contributed by atoms with E-state index in [9.17, 15) is 14.9 Å². The minimum Gasteiger partial charge on any atom is -0.494 e. The molecule has 1 rings (SSSR count). The molecule has 0 aliphatic rings. The summed E-state index contributed by atoms with van der Waals surface area (Å²) >= 11 is 2.24. The van der Waals surface area contributed by atoms with Gasteiger partial charge in [0.25, 0.3) is 12.2 Å². The van der Waals surface area contributed by atoms with Crippen LogP contribution in [0.25, 0.3) is 0 Å². The SMILES string of the molecule is O=COCc1cc(OCCCI)ccc1[N+](=O)[O-]. The summed E-state index contributed by atoms with van der Waals surface area (Å²) in [6.07, 6.45) is 0.901. The molecule has 0 N–H and O–H groups in total. The van der Waals surface area contributed by atoms with Gasteiger partial charge >= 0.3 is 0 Å². The van der Waals surface area contributed by atoms with Gasteiger partial charge in [0.1, 0.15) is 12.4 Å². The van der Waals surface area contributed by atoms with Gasteiger partial charge in [-0.15, -0.1) is 0 Å². The largest absolute Gasteiger partial charge is 0.494 e. The van der Waals surface area contributed by atoms with Gasteiger partial charge in [0, 0.05) is 10.5 Å². The predicted octanol–water partition coefficient (Wildman–Crippen LogP) is 2.47. The summed E-state index contributed by atoms with van der Waals surface area (Å²) in [4.78, 5) is 20.4. The minimum absolute atomic E-state index is 0.0851. The van der Waals surface area contributed by atoms with Crippen molar-refractivity contribution in [3.8, 4) is 5.75 Å². The van der Waals surface area contributed by atoms with Crippen LogP contribution in [-0.4, -0.2) is 22.4 Å². The van der Waals surface area contributed by atoms with Gasteiger partial charge in [-0.2, -0.15) is 0 Å². The minimum atomic E-state index is -0.516. The van der Waals surface area contributed by atoms with Gasteiger partial charge in [-0.25, -0.2) is 0 Å². The molecule has 0 spiro atoms. The second-order valence-electron chi connectivity index (χ2n) is 3.35. The van der Waals surface area contributed by atoms with Gasteiger partial charge in [-0.3, -0.25) is 14.9 Å². The van der Waals surface area contributed by atoms with Crippen LogP contribution in [0, 0.1) is 10.1 Å². The van der Waals surface area contributed by atoms with Crippen LogP contribution in [-0.2, 0) is 16.1 Å². The number of rotatable bonds is 8. The Labute approximate surface area is 118 Å². The van der Waals surface area contributed by atoms with Crippen molar-refractivity contribution in [3.05, 3.63) is 33.9 Å². The molecule has 0 amide bonds. The number of ether oxygens (including phenoxy) is 2. The molecule has 0 aliphatic carbocycles. The highest BCUT2D eigenvalue weighted by molar-refractivity contribution is 14.1. The predicted molar refractivity (Wildman–Crippen MR) is 72.9 cm³/mol. The summed E-state index contributed by atoms with van der Waals surface area (Å²) in [5, 5.41) is 10.8. The third-order valence-electron chi connectivity index (χ3n) is 2.10. The zero-order chi connectivity index (χ0) is 13.4. The number of nitro groups is 1. The van der Waals surface area contributed by atoms with Gasteiger partial charge in [-0.1, -0.05) is 22.6 Å². The molecule has 1 aromatic carbocycles. The lowest BCUT2D eigenvalue weighted by Gasteiger charge is -2.07. The maximum absolute atomic E-state index is 10.8. The molecule has 98 valence electrons. The van der Waals surface area contributed by atoms with Crippen LogP contribution in [0.1, 0.15) is 12.0 Å². The van der Waals surface area contributed by atoms with Gasteiger partial charge in [0.15, 0.2) is 0 Å². The van der Waals surface area contributed by atoms with Crippen molar-refractivity contribution >= 4 is 34.8 Å². The number of carbonyl (C=O) groups is 1. The number of nitrogens with zero attached hydrogens (tertiary/aromatic N) is 1. The number of carbonyl (C=O) groups excluding carboxylic acids is 1. The van der Waals surface area contributed by atoms with Crippen LogP contribution in [0.2, 0.25) is 0 Å². The van der Waals surface area contributed by atoms with Crippen molar-refractivity contribution < 1.29 is 19.2 Å². The summed E-state index contributed by atoms with van der Waals surface area (Å²) < 4.78 is 11.0. The second-order valence-corrected chi connectivity index (χ2v) is 4.42. The molecule has 0 bridgehead atoms. The van der Waals surface area contributed by atoms with Crippen molar-refractivity contribution in [2.24, 2.45) is 0 Å². The first-order valence-electron chi connectivity index (χ1n) is 5.20. The molecule has 6 nitrogen and oxygen atoms in total. The van der Waals surface area contributed by atoms with E-state index < -0.39 is 4.92 Å². The number of benzene rings is 1. The zero-order valence-electron chi connectivity index (χ0n) is 9.50. The Balaban J connectivity index is 2.83. The number of hydrogen-bond acceptors (Lipinski definition) is 5. The first kappa shape index (κ1) is 14.7. The van der Waals surface area contributed by atoms with E-state index in [4.69, 9.17) is 4.74 Å². The van der Waals surface area contributed by atoms with E-state index in [2.05, 4.69) is 27.3 Å². The Hall–Kier alpha value is -1.38. The van der Waals surface area contributed by atoms with Gasteiger partial charge in [-0.05, 0) is 18.6 Å². The normalized spacial score (nSPS) is 9.83. The van der Waals surface area contributed by atoms with E-state index in [1.165, 1.54) is 18.2 Å². The smallest absolute Gasteiger partial charge is 0.293 e. The van der Waals surface area contributed by atoms with Crippen molar-refractivity contribution in [3.63, 3.8) is 0 Å². The average Bonchev–Trinajstić information content (AvgIpc) is 2.36. The van der Waals surface area contributed by atoms with E-state index in [1.807, 2.05) is 0 Å². The number of alkyl halides is 1. The summed E-state index contributed by atoms with van der Waals surface area (Å²) in [7, 11) is 0. The van der Waals surface area contributed by atoms with Crippen LogP contribution in [0.5, 0.6) is 5.75 Å². The molecule has 0 heterocycles.